The van der Waals surface area contributed by atoms with Gasteiger partial charge in [-0.05, 0) is 37.6 Å². The number of aromatic nitrogens is 4. The van der Waals surface area contributed by atoms with Gasteiger partial charge >= 0.3 is 0 Å². The lowest BCUT2D eigenvalue weighted by Crippen LogP contribution is -2.04. The Labute approximate surface area is 162 Å². The lowest BCUT2D eigenvalue weighted by Gasteiger charge is -2.11. The molecule has 0 spiro atoms. The molecule has 0 saturated carbocycles. The van der Waals surface area contributed by atoms with Crippen LogP contribution in [0, 0.1) is 35.5 Å². The summed E-state index contributed by atoms with van der Waals surface area (Å²) >= 11 is 1.49. The fraction of sp³-hybridized carbons (Fsp3) is 0.250. The first-order valence-corrected chi connectivity index (χ1v) is 9.53. The van der Waals surface area contributed by atoms with Crippen LogP contribution < -0.4 is 0 Å². The molecule has 3 rings (SSSR count). The van der Waals surface area contributed by atoms with Gasteiger partial charge in [-0.15, -0.1) is 10.2 Å². The fourth-order valence-corrected chi connectivity index (χ4v) is 3.59. The number of nitrogens with zero attached hydrogens (tertiary/aromatic N) is 6. The van der Waals surface area contributed by atoms with Crippen molar-refractivity contribution >= 4 is 11.8 Å². The van der Waals surface area contributed by atoms with Gasteiger partial charge in [-0.3, -0.25) is 9.55 Å². The molecule has 1 atom stereocenters. The third-order valence-electron chi connectivity index (χ3n) is 4.06. The molecule has 0 radical (unpaired) electrons. The van der Waals surface area contributed by atoms with Gasteiger partial charge < -0.3 is 0 Å². The highest BCUT2D eigenvalue weighted by atomic mass is 32.2. The summed E-state index contributed by atoms with van der Waals surface area (Å²) in [7, 11) is 0. The van der Waals surface area contributed by atoms with Crippen molar-refractivity contribution in [3.05, 3.63) is 54.4 Å². The van der Waals surface area contributed by atoms with E-state index in [-0.39, 0.29) is 5.92 Å². The molecule has 3 aromatic rings. The maximum Gasteiger partial charge on any atom is 0.196 e. The number of nitriles is 2. The number of benzene rings is 1. The van der Waals surface area contributed by atoms with Gasteiger partial charge in [-0.25, -0.2) is 0 Å². The van der Waals surface area contributed by atoms with Crippen molar-refractivity contribution in [1.82, 2.24) is 19.7 Å². The van der Waals surface area contributed by atoms with E-state index in [0.29, 0.717) is 18.6 Å². The molecule has 7 heteroatoms. The second-order valence-corrected chi connectivity index (χ2v) is 7.03. The smallest absolute Gasteiger partial charge is 0.196 e. The number of thioether (sulfide) groups is 1. The van der Waals surface area contributed by atoms with Gasteiger partial charge in [-0.1, -0.05) is 29.5 Å². The number of hydrogen-bond acceptors (Lipinski definition) is 6. The molecule has 0 unspecified atom stereocenters. The van der Waals surface area contributed by atoms with Crippen molar-refractivity contribution in [1.29, 1.82) is 10.5 Å². The molecule has 0 aliphatic carbocycles. The first kappa shape index (κ1) is 18.6. The first-order chi connectivity index (χ1) is 13.2. The van der Waals surface area contributed by atoms with E-state index in [1.165, 1.54) is 17.3 Å². The number of pyridine rings is 1. The molecule has 1 aromatic carbocycles. The predicted octanol–water partition coefficient (Wildman–Crippen LogP) is 4.17. The third kappa shape index (κ3) is 4.52. The van der Waals surface area contributed by atoms with Crippen molar-refractivity contribution in [3.8, 4) is 29.2 Å². The van der Waals surface area contributed by atoms with Crippen molar-refractivity contribution in [2.75, 3.05) is 5.75 Å². The summed E-state index contributed by atoms with van der Waals surface area (Å²) < 4.78 is 2.00. The minimum absolute atomic E-state index is 0.192. The summed E-state index contributed by atoms with van der Waals surface area (Å²) in [6.45, 7) is 2.04. The maximum absolute atomic E-state index is 9.31. The molecule has 2 heterocycles. The topological polar surface area (TPSA) is 91.2 Å². The average Bonchev–Trinajstić information content (AvgIpc) is 3.13. The van der Waals surface area contributed by atoms with Crippen molar-refractivity contribution in [3.63, 3.8) is 0 Å². The van der Waals surface area contributed by atoms with E-state index >= 15 is 0 Å². The molecule has 2 aromatic heterocycles. The maximum atomic E-state index is 9.31. The van der Waals surface area contributed by atoms with E-state index in [4.69, 9.17) is 5.26 Å². The van der Waals surface area contributed by atoms with Crippen LogP contribution in [0.2, 0.25) is 0 Å². The summed E-state index contributed by atoms with van der Waals surface area (Å²) in [5.74, 6) is 1.11. The predicted molar refractivity (Wildman–Crippen MR) is 104 cm³/mol. The highest BCUT2D eigenvalue weighted by Crippen LogP contribution is 2.29. The minimum Gasteiger partial charge on any atom is -0.270 e. The second-order valence-electron chi connectivity index (χ2n) is 6.05. The Morgan fingerprint density at radius 1 is 1.07 bits per heavy atom. The largest absolute Gasteiger partial charge is 0.270 e. The molecule has 27 heavy (non-hydrogen) atoms. The molecule has 0 aliphatic heterocycles. The highest BCUT2D eigenvalue weighted by Gasteiger charge is 2.18. The van der Waals surface area contributed by atoms with Crippen molar-refractivity contribution in [2.24, 2.45) is 5.92 Å². The second kappa shape index (κ2) is 8.98. The summed E-state index contributed by atoms with van der Waals surface area (Å²) in [6, 6.07) is 16.3. The van der Waals surface area contributed by atoms with Gasteiger partial charge in [-0.2, -0.15) is 10.5 Å². The molecule has 0 fully saturated rings. The van der Waals surface area contributed by atoms with Crippen LogP contribution in [-0.4, -0.2) is 25.5 Å². The molecule has 0 bridgehead atoms. The normalized spacial score (nSPS) is 11.5. The minimum atomic E-state index is -0.192. The van der Waals surface area contributed by atoms with Gasteiger partial charge in [0, 0.05) is 35.8 Å². The van der Waals surface area contributed by atoms with E-state index in [2.05, 4.69) is 27.3 Å². The first-order valence-electron chi connectivity index (χ1n) is 8.55. The van der Waals surface area contributed by atoms with Crippen LogP contribution in [0.4, 0.5) is 0 Å². The summed E-state index contributed by atoms with van der Waals surface area (Å²) in [4.78, 5) is 4.07. The quantitative estimate of drug-likeness (QED) is 0.576. The molecular formula is C20H18N6S. The van der Waals surface area contributed by atoms with Crippen LogP contribution in [0.1, 0.15) is 18.4 Å². The van der Waals surface area contributed by atoms with Gasteiger partial charge in [0.05, 0.1) is 18.1 Å². The van der Waals surface area contributed by atoms with Gasteiger partial charge in [0.1, 0.15) is 0 Å². The standard InChI is InChI=1S/C20H18N6S/c1-15-4-6-18(7-5-15)26-19(17-8-11-23-12-9-17)24-25-20(26)27-14-16(13-22)3-2-10-21/h4-9,11-12,16H,2-3,14H2,1H3/t16-/m1/s1. The Morgan fingerprint density at radius 2 is 1.81 bits per heavy atom. The van der Waals surface area contributed by atoms with Crippen molar-refractivity contribution < 1.29 is 0 Å². The van der Waals surface area contributed by atoms with Gasteiger partial charge in [0.2, 0.25) is 0 Å². The lowest BCUT2D eigenvalue weighted by atomic mass is 10.1. The monoisotopic (exact) mass is 374 g/mol. The number of aryl methyl sites for hydroxylation is 1. The van der Waals surface area contributed by atoms with Crippen LogP contribution in [0.15, 0.2) is 53.9 Å². The van der Waals surface area contributed by atoms with E-state index < -0.39 is 0 Å². The molecule has 134 valence electrons. The summed E-state index contributed by atoms with van der Waals surface area (Å²) in [5, 5.41) is 27.5. The fourth-order valence-electron chi connectivity index (χ4n) is 2.58. The Morgan fingerprint density at radius 3 is 2.48 bits per heavy atom. The molecule has 6 nitrogen and oxygen atoms in total. The molecule has 0 saturated heterocycles. The van der Waals surface area contributed by atoms with Crippen LogP contribution in [-0.2, 0) is 0 Å². The summed E-state index contributed by atoms with van der Waals surface area (Å²) in [5.41, 5.74) is 3.06. The molecular weight excluding hydrogens is 356 g/mol. The summed E-state index contributed by atoms with van der Waals surface area (Å²) in [6.07, 6.45) is 4.40. The van der Waals surface area contributed by atoms with Crippen LogP contribution in [0.5, 0.6) is 0 Å². The van der Waals surface area contributed by atoms with Crippen molar-refractivity contribution in [2.45, 2.75) is 24.9 Å². The average molecular weight is 374 g/mol. The van der Waals surface area contributed by atoms with Crippen LogP contribution >= 0.6 is 11.8 Å². The van der Waals surface area contributed by atoms with E-state index in [1.54, 1.807) is 12.4 Å². The zero-order valence-corrected chi connectivity index (χ0v) is 15.7. The van der Waals surface area contributed by atoms with E-state index in [1.807, 2.05) is 47.9 Å². The van der Waals surface area contributed by atoms with Crippen LogP contribution in [0.25, 0.3) is 17.1 Å². The van der Waals surface area contributed by atoms with E-state index in [0.717, 1.165) is 22.2 Å². The number of rotatable bonds is 7. The zero-order valence-electron chi connectivity index (χ0n) is 14.9. The molecule has 0 amide bonds. The van der Waals surface area contributed by atoms with Gasteiger partial charge in [0.25, 0.3) is 0 Å². The third-order valence-corrected chi connectivity index (χ3v) is 5.16. The Bertz CT molecular complexity index is 966. The number of hydrogen-bond donors (Lipinski definition) is 0. The lowest BCUT2D eigenvalue weighted by molar-refractivity contribution is 0.683. The highest BCUT2D eigenvalue weighted by molar-refractivity contribution is 7.99. The molecule has 0 N–H and O–H groups in total. The Balaban J connectivity index is 1.94. The van der Waals surface area contributed by atoms with E-state index in [9.17, 15) is 5.26 Å². The van der Waals surface area contributed by atoms with Crippen LogP contribution in [0.3, 0.4) is 0 Å². The SMILES string of the molecule is Cc1ccc(-n2c(SC[C@@H](C#N)CCC#N)nnc2-c2ccncc2)cc1. The zero-order chi connectivity index (χ0) is 19.1. The van der Waals surface area contributed by atoms with Gasteiger partial charge in [0.15, 0.2) is 11.0 Å². The molecule has 0 aliphatic rings. The Kier molecular flexibility index (Phi) is 6.19. The Hall–Kier alpha value is -3.16.